The predicted octanol–water partition coefficient (Wildman–Crippen LogP) is 6.58. The molecule has 6 heteroatoms. The Morgan fingerprint density at radius 2 is 1.86 bits per heavy atom. The standard InChI is InChI=1S/C30H36N4O2/c1-5-7-17-33(16-6-2)20-24-19-26(36-4)14-15-27(24)30(35)31-25-12-10-23(11-13-25)28-21-34-18-8-9-22(3)29(34)32-28/h8-15,18-19,21H,5-7,16-17,20H2,1-4H3,(H,31,35). The van der Waals surface area contributed by atoms with Crippen LogP contribution in [-0.4, -0.2) is 40.4 Å². The maximum Gasteiger partial charge on any atom is 0.255 e. The summed E-state index contributed by atoms with van der Waals surface area (Å²) in [5.74, 6) is 0.649. The normalized spacial score (nSPS) is 11.2. The summed E-state index contributed by atoms with van der Waals surface area (Å²) in [7, 11) is 1.66. The maximum atomic E-state index is 13.3. The highest BCUT2D eigenvalue weighted by molar-refractivity contribution is 6.05. The van der Waals surface area contributed by atoms with Crippen LogP contribution in [0.4, 0.5) is 5.69 Å². The molecule has 0 spiro atoms. The number of amides is 1. The fraction of sp³-hybridized carbons (Fsp3) is 0.333. The van der Waals surface area contributed by atoms with Crippen molar-refractivity contribution < 1.29 is 9.53 Å². The molecule has 0 aliphatic carbocycles. The largest absolute Gasteiger partial charge is 0.497 e. The number of benzene rings is 2. The van der Waals surface area contributed by atoms with Gasteiger partial charge in [0, 0.05) is 35.8 Å². The van der Waals surface area contributed by atoms with E-state index in [2.05, 4.69) is 37.1 Å². The van der Waals surface area contributed by atoms with Crippen molar-refractivity contribution in [2.45, 2.75) is 46.6 Å². The van der Waals surface area contributed by atoms with Crippen LogP contribution >= 0.6 is 0 Å². The molecular formula is C30H36N4O2. The van der Waals surface area contributed by atoms with Gasteiger partial charge in [-0.15, -0.1) is 0 Å². The number of unbranched alkanes of at least 4 members (excludes halogenated alkanes) is 1. The number of fused-ring (bicyclic) bond motifs is 1. The summed E-state index contributed by atoms with van der Waals surface area (Å²) in [6.07, 6.45) is 7.40. The monoisotopic (exact) mass is 484 g/mol. The fourth-order valence-corrected chi connectivity index (χ4v) is 4.47. The van der Waals surface area contributed by atoms with Crippen LogP contribution in [-0.2, 0) is 6.54 Å². The molecule has 4 aromatic rings. The molecule has 4 rings (SSSR count). The highest BCUT2D eigenvalue weighted by Crippen LogP contribution is 2.24. The number of hydrogen-bond acceptors (Lipinski definition) is 4. The zero-order valence-electron chi connectivity index (χ0n) is 21.8. The van der Waals surface area contributed by atoms with E-state index in [0.717, 1.165) is 78.4 Å². The first-order chi connectivity index (χ1) is 17.5. The molecule has 0 radical (unpaired) electrons. The predicted molar refractivity (Wildman–Crippen MR) is 147 cm³/mol. The van der Waals surface area contributed by atoms with Gasteiger partial charge in [-0.1, -0.05) is 38.5 Å². The molecule has 0 aliphatic rings. The number of ether oxygens (including phenoxy) is 1. The molecule has 0 bridgehead atoms. The molecule has 6 nitrogen and oxygen atoms in total. The second-order valence-corrected chi connectivity index (χ2v) is 9.23. The van der Waals surface area contributed by atoms with Crippen molar-refractivity contribution in [2.24, 2.45) is 0 Å². The van der Waals surface area contributed by atoms with Gasteiger partial charge in [0.15, 0.2) is 0 Å². The minimum Gasteiger partial charge on any atom is -0.497 e. The summed E-state index contributed by atoms with van der Waals surface area (Å²) < 4.78 is 7.49. The summed E-state index contributed by atoms with van der Waals surface area (Å²) in [5.41, 5.74) is 6.40. The van der Waals surface area contributed by atoms with E-state index < -0.39 is 0 Å². The van der Waals surface area contributed by atoms with Gasteiger partial charge in [0.1, 0.15) is 11.4 Å². The number of aryl methyl sites for hydroxylation is 1. The van der Waals surface area contributed by atoms with E-state index in [0.29, 0.717) is 5.56 Å². The van der Waals surface area contributed by atoms with Crippen molar-refractivity contribution in [1.82, 2.24) is 14.3 Å². The average molecular weight is 485 g/mol. The molecular weight excluding hydrogens is 448 g/mol. The van der Waals surface area contributed by atoms with Gasteiger partial charge >= 0.3 is 0 Å². The highest BCUT2D eigenvalue weighted by atomic mass is 16.5. The van der Waals surface area contributed by atoms with Crippen molar-refractivity contribution >= 4 is 17.2 Å². The van der Waals surface area contributed by atoms with Crippen molar-refractivity contribution in [2.75, 3.05) is 25.5 Å². The van der Waals surface area contributed by atoms with E-state index in [-0.39, 0.29) is 5.91 Å². The number of nitrogens with zero attached hydrogens (tertiary/aromatic N) is 3. The lowest BCUT2D eigenvalue weighted by Crippen LogP contribution is -2.27. The SMILES string of the molecule is CCCCN(CCC)Cc1cc(OC)ccc1C(=O)Nc1ccc(-c2cn3cccc(C)c3n2)cc1. The van der Waals surface area contributed by atoms with Gasteiger partial charge in [0.05, 0.1) is 12.8 Å². The van der Waals surface area contributed by atoms with Gasteiger partial charge in [-0.3, -0.25) is 9.69 Å². The van der Waals surface area contributed by atoms with Crippen molar-refractivity contribution in [3.8, 4) is 17.0 Å². The number of carbonyl (C=O) groups excluding carboxylic acids is 1. The van der Waals surface area contributed by atoms with Crippen LogP contribution in [0.15, 0.2) is 67.0 Å². The van der Waals surface area contributed by atoms with Crippen LogP contribution < -0.4 is 10.1 Å². The second-order valence-electron chi connectivity index (χ2n) is 9.23. The number of hydrogen-bond donors (Lipinski definition) is 1. The van der Waals surface area contributed by atoms with Gasteiger partial charge in [0.2, 0.25) is 0 Å². The molecule has 0 atom stereocenters. The molecule has 2 aromatic heterocycles. The van der Waals surface area contributed by atoms with Gasteiger partial charge in [-0.2, -0.15) is 0 Å². The van der Waals surface area contributed by atoms with Crippen LogP contribution in [0, 0.1) is 6.92 Å². The molecule has 0 aliphatic heterocycles. The van der Waals surface area contributed by atoms with Crippen LogP contribution in [0.2, 0.25) is 0 Å². The van der Waals surface area contributed by atoms with E-state index >= 15 is 0 Å². The van der Waals surface area contributed by atoms with Crippen LogP contribution in [0.1, 0.15) is 54.6 Å². The molecule has 0 unspecified atom stereocenters. The first kappa shape index (κ1) is 25.5. The average Bonchev–Trinajstić information content (AvgIpc) is 3.33. The van der Waals surface area contributed by atoms with Gasteiger partial charge in [-0.25, -0.2) is 4.98 Å². The third-order valence-corrected chi connectivity index (χ3v) is 6.44. The molecule has 1 N–H and O–H groups in total. The van der Waals surface area contributed by atoms with Crippen LogP contribution in [0.25, 0.3) is 16.9 Å². The van der Waals surface area contributed by atoms with Crippen LogP contribution in [0.5, 0.6) is 5.75 Å². The Balaban J connectivity index is 1.52. The third-order valence-electron chi connectivity index (χ3n) is 6.44. The topological polar surface area (TPSA) is 58.9 Å². The molecule has 2 aromatic carbocycles. The summed E-state index contributed by atoms with van der Waals surface area (Å²) >= 11 is 0. The third kappa shape index (κ3) is 5.94. The zero-order chi connectivity index (χ0) is 25.5. The Hall–Kier alpha value is -3.64. The van der Waals surface area contributed by atoms with E-state index in [1.54, 1.807) is 7.11 Å². The van der Waals surface area contributed by atoms with E-state index in [4.69, 9.17) is 9.72 Å². The van der Waals surface area contributed by atoms with Gasteiger partial charge < -0.3 is 14.5 Å². The first-order valence-corrected chi connectivity index (χ1v) is 12.8. The Bertz CT molecular complexity index is 1310. The quantitative estimate of drug-likeness (QED) is 0.261. The Morgan fingerprint density at radius 1 is 1.06 bits per heavy atom. The molecule has 0 saturated heterocycles. The number of anilines is 1. The first-order valence-electron chi connectivity index (χ1n) is 12.8. The number of carbonyl (C=O) groups is 1. The van der Waals surface area contributed by atoms with E-state index in [1.165, 1.54) is 0 Å². The molecule has 0 fully saturated rings. The van der Waals surface area contributed by atoms with Crippen LogP contribution in [0.3, 0.4) is 0 Å². The van der Waals surface area contributed by atoms with Crippen molar-refractivity contribution in [3.05, 3.63) is 83.7 Å². The number of pyridine rings is 1. The molecule has 0 saturated carbocycles. The lowest BCUT2D eigenvalue weighted by molar-refractivity contribution is 0.102. The maximum absolute atomic E-state index is 13.3. The fourth-order valence-electron chi connectivity index (χ4n) is 4.47. The summed E-state index contributed by atoms with van der Waals surface area (Å²) in [4.78, 5) is 20.5. The number of imidazole rings is 1. The summed E-state index contributed by atoms with van der Waals surface area (Å²) in [6, 6.07) is 17.6. The lowest BCUT2D eigenvalue weighted by atomic mass is 10.0. The molecule has 2 heterocycles. The summed E-state index contributed by atoms with van der Waals surface area (Å²) in [5, 5.41) is 3.08. The van der Waals surface area contributed by atoms with Crippen molar-refractivity contribution in [3.63, 3.8) is 0 Å². The molecule has 1 amide bonds. The Labute approximate surface area is 213 Å². The number of methoxy groups -OCH3 is 1. The second kappa shape index (κ2) is 11.9. The minimum absolute atomic E-state index is 0.115. The molecule has 188 valence electrons. The minimum atomic E-state index is -0.115. The Morgan fingerprint density at radius 3 is 2.56 bits per heavy atom. The highest BCUT2D eigenvalue weighted by Gasteiger charge is 2.16. The lowest BCUT2D eigenvalue weighted by Gasteiger charge is -2.23. The smallest absolute Gasteiger partial charge is 0.255 e. The Kier molecular flexibility index (Phi) is 8.39. The summed E-state index contributed by atoms with van der Waals surface area (Å²) in [6.45, 7) is 9.20. The number of nitrogens with one attached hydrogen (secondary N) is 1. The number of aromatic nitrogens is 2. The van der Waals surface area contributed by atoms with Gasteiger partial charge in [-0.05, 0) is 80.4 Å². The van der Waals surface area contributed by atoms with Gasteiger partial charge in [0.25, 0.3) is 5.91 Å². The van der Waals surface area contributed by atoms with E-state index in [1.807, 2.05) is 65.3 Å². The van der Waals surface area contributed by atoms with Crippen molar-refractivity contribution in [1.29, 1.82) is 0 Å². The zero-order valence-corrected chi connectivity index (χ0v) is 21.8. The number of rotatable bonds is 11. The molecule has 36 heavy (non-hydrogen) atoms. The van der Waals surface area contributed by atoms with E-state index in [9.17, 15) is 4.79 Å².